The molecule has 0 unspecified atom stereocenters. The molecular weight excluding hydrogens is 320 g/mol. The summed E-state index contributed by atoms with van der Waals surface area (Å²) in [6.45, 7) is 1.05. The van der Waals surface area contributed by atoms with Crippen LogP contribution in [0.25, 0.3) is 21.5 Å². The lowest BCUT2D eigenvalue weighted by atomic mass is 10.1. The second-order valence-electron chi connectivity index (χ2n) is 6.11. The van der Waals surface area contributed by atoms with E-state index in [0.29, 0.717) is 13.2 Å². The van der Waals surface area contributed by atoms with Crippen molar-refractivity contribution in [2.75, 3.05) is 13.2 Å². The highest BCUT2D eigenvalue weighted by Crippen LogP contribution is 2.21. The van der Waals surface area contributed by atoms with Gasteiger partial charge in [-0.05, 0) is 58.0 Å². The molecule has 0 fully saturated rings. The maximum atomic E-state index is 5.78. The van der Waals surface area contributed by atoms with Gasteiger partial charge in [0.1, 0.15) is 24.7 Å². The predicted octanol–water partition coefficient (Wildman–Crippen LogP) is 6.01. The molecule has 0 amide bonds. The fourth-order valence-corrected chi connectivity index (χ4v) is 2.94. The van der Waals surface area contributed by atoms with Crippen LogP contribution in [0.5, 0.6) is 11.5 Å². The lowest BCUT2D eigenvalue weighted by Gasteiger charge is -2.06. The van der Waals surface area contributed by atoms with Crippen LogP contribution in [0.2, 0.25) is 0 Å². The molecule has 0 spiro atoms. The van der Waals surface area contributed by atoms with Crippen molar-refractivity contribution in [1.82, 2.24) is 0 Å². The molecule has 0 aliphatic rings. The molecule has 4 aromatic rings. The van der Waals surface area contributed by atoms with Crippen molar-refractivity contribution in [2.45, 2.75) is 0 Å². The molecule has 0 N–H and O–H groups in total. The van der Waals surface area contributed by atoms with Crippen molar-refractivity contribution in [1.29, 1.82) is 0 Å². The lowest BCUT2D eigenvalue weighted by Crippen LogP contribution is -1.96. The van der Waals surface area contributed by atoms with Crippen molar-refractivity contribution in [3.8, 4) is 11.5 Å². The standard InChI is InChI=1S/C24H20O2/c1-3-9-21-17-23(13-11-19(21)7-1)25-15-5-6-16-26-24-14-12-20-8-2-4-10-22(20)18-24/h1-14,17-18H,15-16H2/b6-5+. The molecule has 0 heterocycles. The Balaban J connectivity index is 1.28. The van der Waals surface area contributed by atoms with Gasteiger partial charge in [0.25, 0.3) is 0 Å². The van der Waals surface area contributed by atoms with E-state index >= 15 is 0 Å². The Morgan fingerprint density at radius 3 is 1.38 bits per heavy atom. The van der Waals surface area contributed by atoms with Gasteiger partial charge in [0.2, 0.25) is 0 Å². The number of benzene rings is 4. The molecule has 0 saturated carbocycles. The first-order valence-electron chi connectivity index (χ1n) is 8.77. The first-order chi connectivity index (χ1) is 12.9. The quantitative estimate of drug-likeness (QED) is 0.400. The van der Waals surface area contributed by atoms with E-state index in [9.17, 15) is 0 Å². The van der Waals surface area contributed by atoms with Gasteiger partial charge in [-0.15, -0.1) is 0 Å². The predicted molar refractivity (Wildman–Crippen MR) is 108 cm³/mol. The SMILES string of the molecule is C(=C\COc1ccc2ccccc2c1)/COc1ccc2ccccc2c1. The summed E-state index contributed by atoms with van der Waals surface area (Å²) in [5, 5.41) is 4.82. The van der Waals surface area contributed by atoms with E-state index in [1.807, 2.05) is 48.6 Å². The minimum Gasteiger partial charge on any atom is -0.490 e. The van der Waals surface area contributed by atoms with E-state index in [0.717, 1.165) is 11.5 Å². The monoisotopic (exact) mass is 340 g/mol. The summed E-state index contributed by atoms with van der Waals surface area (Å²) < 4.78 is 11.6. The molecule has 4 aromatic carbocycles. The van der Waals surface area contributed by atoms with Crippen LogP contribution in [0.1, 0.15) is 0 Å². The Labute approximate surface area is 153 Å². The molecule has 2 nitrogen and oxygen atoms in total. The molecule has 0 aliphatic heterocycles. The molecule has 128 valence electrons. The average Bonchev–Trinajstić information content (AvgIpc) is 2.70. The minimum absolute atomic E-state index is 0.527. The van der Waals surface area contributed by atoms with Crippen molar-refractivity contribution in [3.05, 3.63) is 97.1 Å². The van der Waals surface area contributed by atoms with Crippen LogP contribution < -0.4 is 9.47 Å². The molecule has 0 aromatic heterocycles. The van der Waals surface area contributed by atoms with Gasteiger partial charge in [-0.25, -0.2) is 0 Å². The summed E-state index contributed by atoms with van der Waals surface area (Å²) in [7, 11) is 0. The highest BCUT2D eigenvalue weighted by Gasteiger charge is 1.97. The van der Waals surface area contributed by atoms with E-state index < -0.39 is 0 Å². The van der Waals surface area contributed by atoms with E-state index in [2.05, 4.69) is 48.5 Å². The fraction of sp³-hybridized carbons (Fsp3) is 0.0833. The second kappa shape index (κ2) is 7.75. The van der Waals surface area contributed by atoms with Gasteiger partial charge in [0.05, 0.1) is 0 Å². The molecule has 0 bridgehead atoms. The summed E-state index contributed by atoms with van der Waals surface area (Å²) in [6, 6.07) is 28.8. The molecule has 0 aliphatic carbocycles. The summed E-state index contributed by atoms with van der Waals surface area (Å²) in [5.74, 6) is 1.76. The van der Waals surface area contributed by atoms with Crippen molar-refractivity contribution >= 4 is 21.5 Å². The molecule has 4 rings (SSSR count). The van der Waals surface area contributed by atoms with Gasteiger partial charge in [-0.1, -0.05) is 60.7 Å². The molecule has 0 radical (unpaired) electrons. The number of hydrogen-bond donors (Lipinski definition) is 0. The average molecular weight is 340 g/mol. The zero-order valence-electron chi connectivity index (χ0n) is 14.5. The van der Waals surface area contributed by atoms with Gasteiger partial charge >= 0.3 is 0 Å². The summed E-state index contributed by atoms with van der Waals surface area (Å²) >= 11 is 0. The zero-order valence-corrected chi connectivity index (χ0v) is 14.5. The molecule has 26 heavy (non-hydrogen) atoms. The van der Waals surface area contributed by atoms with E-state index in [1.54, 1.807) is 0 Å². The highest BCUT2D eigenvalue weighted by atomic mass is 16.5. The number of rotatable bonds is 6. The molecule has 0 saturated heterocycles. The lowest BCUT2D eigenvalue weighted by molar-refractivity contribution is 0.351. The third kappa shape index (κ3) is 3.86. The van der Waals surface area contributed by atoms with Crippen LogP contribution in [0.3, 0.4) is 0 Å². The topological polar surface area (TPSA) is 18.5 Å². The van der Waals surface area contributed by atoms with Gasteiger partial charge in [0.15, 0.2) is 0 Å². The van der Waals surface area contributed by atoms with Crippen LogP contribution in [-0.4, -0.2) is 13.2 Å². The van der Waals surface area contributed by atoms with Gasteiger partial charge in [-0.3, -0.25) is 0 Å². The third-order valence-electron chi connectivity index (χ3n) is 4.30. The second-order valence-corrected chi connectivity index (χ2v) is 6.11. The Morgan fingerprint density at radius 2 is 0.923 bits per heavy atom. The Morgan fingerprint density at radius 1 is 0.500 bits per heavy atom. The molecular formula is C24H20O2. The normalized spacial score (nSPS) is 11.2. The molecule has 2 heteroatoms. The van der Waals surface area contributed by atoms with Crippen LogP contribution in [0, 0.1) is 0 Å². The first-order valence-corrected chi connectivity index (χ1v) is 8.77. The first kappa shape index (κ1) is 16.2. The highest BCUT2D eigenvalue weighted by molar-refractivity contribution is 5.84. The van der Waals surface area contributed by atoms with E-state index in [-0.39, 0.29) is 0 Å². The van der Waals surface area contributed by atoms with E-state index in [1.165, 1.54) is 21.5 Å². The number of ether oxygens (including phenoxy) is 2. The third-order valence-corrected chi connectivity index (χ3v) is 4.30. The van der Waals surface area contributed by atoms with Gasteiger partial charge in [0, 0.05) is 0 Å². The van der Waals surface area contributed by atoms with Crippen LogP contribution in [-0.2, 0) is 0 Å². The summed E-state index contributed by atoms with van der Waals surface area (Å²) in [6.07, 6.45) is 3.96. The zero-order chi connectivity index (χ0) is 17.6. The van der Waals surface area contributed by atoms with Crippen LogP contribution in [0.15, 0.2) is 97.1 Å². The van der Waals surface area contributed by atoms with Gasteiger partial charge in [-0.2, -0.15) is 0 Å². The fourth-order valence-electron chi connectivity index (χ4n) is 2.94. The smallest absolute Gasteiger partial charge is 0.120 e. The van der Waals surface area contributed by atoms with Gasteiger partial charge < -0.3 is 9.47 Å². The van der Waals surface area contributed by atoms with Crippen LogP contribution in [0.4, 0.5) is 0 Å². The Hall–Kier alpha value is -3.26. The van der Waals surface area contributed by atoms with Crippen molar-refractivity contribution in [3.63, 3.8) is 0 Å². The Bertz CT molecular complexity index is 965. The molecule has 0 atom stereocenters. The Kier molecular flexibility index (Phi) is 4.83. The minimum atomic E-state index is 0.527. The van der Waals surface area contributed by atoms with E-state index in [4.69, 9.17) is 9.47 Å². The summed E-state index contributed by atoms with van der Waals surface area (Å²) in [4.78, 5) is 0. The van der Waals surface area contributed by atoms with Crippen molar-refractivity contribution in [2.24, 2.45) is 0 Å². The van der Waals surface area contributed by atoms with Crippen molar-refractivity contribution < 1.29 is 9.47 Å². The number of hydrogen-bond acceptors (Lipinski definition) is 2. The summed E-state index contributed by atoms with van der Waals surface area (Å²) in [5.41, 5.74) is 0. The largest absolute Gasteiger partial charge is 0.490 e. The number of fused-ring (bicyclic) bond motifs is 2. The maximum absolute atomic E-state index is 5.78. The maximum Gasteiger partial charge on any atom is 0.120 e. The van der Waals surface area contributed by atoms with Crippen LogP contribution >= 0.6 is 0 Å².